The third-order valence-electron chi connectivity index (χ3n) is 3.76. The lowest BCUT2D eigenvalue weighted by Gasteiger charge is -2.23. The number of hydrogen-bond acceptors (Lipinski definition) is 2. The molecule has 0 saturated carbocycles. The van der Waals surface area contributed by atoms with Crippen LogP contribution in [0.3, 0.4) is 0 Å². The van der Waals surface area contributed by atoms with Gasteiger partial charge in [-0.1, -0.05) is 13.0 Å². The van der Waals surface area contributed by atoms with Crippen molar-refractivity contribution in [1.82, 2.24) is 14.8 Å². The molecule has 22 heavy (non-hydrogen) atoms. The fourth-order valence-corrected chi connectivity index (χ4v) is 3.34. The molecule has 0 amide bonds. The van der Waals surface area contributed by atoms with E-state index < -0.39 is 0 Å². The molecule has 0 spiro atoms. The van der Waals surface area contributed by atoms with Crippen molar-refractivity contribution in [1.29, 1.82) is 0 Å². The van der Waals surface area contributed by atoms with E-state index >= 15 is 0 Å². The number of nitrogens with one attached hydrogen (secondary N) is 1. The van der Waals surface area contributed by atoms with Crippen molar-refractivity contribution in [3.8, 4) is 0 Å². The molecule has 1 unspecified atom stereocenters. The molecule has 120 valence electrons. The molecule has 0 fully saturated rings. The first-order valence-electron chi connectivity index (χ1n) is 7.64. The average Bonchev–Trinajstić information content (AvgIpc) is 3.12. The molecule has 0 saturated heterocycles. The van der Waals surface area contributed by atoms with Crippen molar-refractivity contribution in [2.45, 2.75) is 19.9 Å². The van der Waals surface area contributed by atoms with Crippen molar-refractivity contribution in [2.24, 2.45) is 18.0 Å². The second-order valence-corrected chi connectivity index (χ2v) is 6.82. The van der Waals surface area contributed by atoms with Gasteiger partial charge in [0.05, 0.1) is 6.54 Å². The zero-order chi connectivity index (χ0) is 15.9. The molecular formula is C17H26N4S. The van der Waals surface area contributed by atoms with E-state index in [2.05, 4.69) is 76.6 Å². The van der Waals surface area contributed by atoms with Crippen LogP contribution in [0.4, 0.5) is 0 Å². The number of rotatable bonds is 6. The number of guanidine groups is 1. The highest BCUT2D eigenvalue weighted by molar-refractivity contribution is 7.09. The zero-order valence-electron chi connectivity index (χ0n) is 13.9. The van der Waals surface area contributed by atoms with E-state index in [1.807, 2.05) is 18.4 Å². The third kappa shape index (κ3) is 4.63. The van der Waals surface area contributed by atoms with Crippen LogP contribution in [-0.2, 0) is 20.0 Å². The molecule has 0 radical (unpaired) electrons. The number of aromatic nitrogens is 1. The standard InChI is InChI=1S/C17H26N4S/c1-14(11-16-8-6-10-22-16)12-19-17(18-2)21(4)13-15-7-5-9-20(15)3/h5-10,14H,11-13H2,1-4H3,(H,18,19). The van der Waals surface area contributed by atoms with Crippen LogP contribution >= 0.6 is 11.3 Å². The van der Waals surface area contributed by atoms with E-state index in [1.165, 1.54) is 10.6 Å². The summed E-state index contributed by atoms with van der Waals surface area (Å²) in [6, 6.07) is 8.54. The Morgan fingerprint density at radius 2 is 2.23 bits per heavy atom. The van der Waals surface area contributed by atoms with Gasteiger partial charge in [0.1, 0.15) is 0 Å². The van der Waals surface area contributed by atoms with Crippen molar-refractivity contribution >= 4 is 17.3 Å². The quantitative estimate of drug-likeness (QED) is 0.656. The van der Waals surface area contributed by atoms with Gasteiger partial charge in [0.25, 0.3) is 0 Å². The fourth-order valence-electron chi connectivity index (χ4n) is 2.47. The van der Waals surface area contributed by atoms with Crippen LogP contribution in [0.1, 0.15) is 17.5 Å². The lowest BCUT2D eigenvalue weighted by molar-refractivity contribution is 0.450. The number of thiophene rings is 1. The predicted molar refractivity (Wildman–Crippen MR) is 95.4 cm³/mol. The molecule has 0 aliphatic heterocycles. The Labute approximate surface area is 137 Å². The molecule has 2 aromatic rings. The normalized spacial score (nSPS) is 13.2. The first kappa shape index (κ1) is 16.6. The summed E-state index contributed by atoms with van der Waals surface area (Å²) in [4.78, 5) is 8.00. The van der Waals surface area contributed by atoms with E-state index in [-0.39, 0.29) is 0 Å². The second kappa shape index (κ2) is 8.03. The summed E-state index contributed by atoms with van der Waals surface area (Å²) in [6.07, 6.45) is 3.19. The molecule has 5 heteroatoms. The number of aliphatic imine (C=N–C) groups is 1. The summed E-state index contributed by atoms with van der Waals surface area (Å²) in [5.41, 5.74) is 1.28. The molecule has 1 atom stereocenters. The van der Waals surface area contributed by atoms with E-state index in [9.17, 15) is 0 Å². The molecule has 0 aliphatic rings. The molecule has 2 rings (SSSR count). The molecule has 2 heterocycles. The highest BCUT2D eigenvalue weighted by Gasteiger charge is 2.10. The maximum atomic E-state index is 4.39. The van der Waals surface area contributed by atoms with Crippen molar-refractivity contribution in [3.63, 3.8) is 0 Å². The van der Waals surface area contributed by atoms with Gasteiger partial charge in [-0.25, -0.2) is 0 Å². The van der Waals surface area contributed by atoms with Crippen molar-refractivity contribution in [3.05, 3.63) is 46.4 Å². The maximum Gasteiger partial charge on any atom is 0.193 e. The summed E-state index contributed by atoms with van der Waals surface area (Å²) < 4.78 is 2.14. The first-order chi connectivity index (χ1) is 10.6. The van der Waals surface area contributed by atoms with E-state index in [0.29, 0.717) is 5.92 Å². The minimum absolute atomic E-state index is 0.582. The molecule has 0 aliphatic carbocycles. The Morgan fingerprint density at radius 3 is 2.82 bits per heavy atom. The number of hydrogen-bond donors (Lipinski definition) is 1. The van der Waals surface area contributed by atoms with Gasteiger partial charge in [-0.2, -0.15) is 0 Å². The minimum atomic E-state index is 0.582. The van der Waals surface area contributed by atoms with Crippen LogP contribution in [0, 0.1) is 5.92 Å². The van der Waals surface area contributed by atoms with Gasteiger partial charge < -0.3 is 14.8 Å². The Bertz CT molecular complexity index is 586. The Hall–Kier alpha value is -1.75. The molecule has 0 bridgehead atoms. The van der Waals surface area contributed by atoms with E-state index in [1.54, 1.807) is 0 Å². The highest BCUT2D eigenvalue weighted by Crippen LogP contribution is 2.14. The molecule has 2 aromatic heterocycles. The number of nitrogens with zero attached hydrogens (tertiary/aromatic N) is 3. The summed E-state index contributed by atoms with van der Waals surface area (Å²) in [5, 5.41) is 5.63. The van der Waals surface area contributed by atoms with Crippen LogP contribution in [0.15, 0.2) is 40.8 Å². The smallest absolute Gasteiger partial charge is 0.193 e. The Balaban J connectivity index is 1.82. The first-order valence-corrected chi connectivity index (χ1v) is 8.52. The lowest BCUT2D eigenvalue weighted by Crippen LogP contribution is -2.40. The van der Waals surface area contributed by atoms with Gasteiger partial charge in [-0.15, -0.1) is 11.3 Å². The van der Waals surface area contributed by atoms with E-state index in [4.69, 9.17) is 0 Å². The summed E-state index contributed by atoms with van der Waals surface area (Å²) >= 11 is 1.83. The Morgan fingerprint density at radius 1 is 1.41 bits per heavy atom. The summed E-state index contributed by atoms with van der Waals surface area (Å²) in [6.45, 7) is 4.06. The van der Waals surface area contributed by atoms with Gasteiger partial charge in [-0.3, -0.25) is 4.99 Å². The van der Waals surface area contributed by atoms with E-state index in [0.717, 1.165) is 25.5 Å². The predicted octanol–water partition coefficient (Wildman–Crippen LogP) is 2.97. The third-order valence-corrected chi connectivity index (χ3v) is 4.66. The SMILES string of the molecule is CN=C(NCC(C)Cc1cccs1)N(C)Cc1cccn1C. The van der Waals surface area contributed by atoms with Crippen molar-refractivity contribution in [2.75, 3.05) is 20.6 Å². The topological polar surface area (TPSA) is 32.6 Å². The van der Waals surface area contributed by atoms with Crippen LogP contribution in [0.5, 0.6) is 0 Å². The molecule has 0 aromatic carbocycles. The highest BCUT2D eigenvalue weighted by atomic mass is 32.1. The van der Waals surface area contributed by atoms with Crippen molar-refractivity contribution < 1.29 is 0 Å². The van der Waals surface area contributed by atoms with Crippen LogP contribution in [-0.4, -0.2) is 36.1 Å². The van der Waals surface area contributed by atoms with Gasteiger partial charge in [0.2, 0.25) is 0 Å². The largest absolute Gasteiger partial charge is 0.356 e. The molecule has 1 N–H and O–H groups in total. The summed E-state index contributed by atoms with van der Waals surface area (Å²) in [7, 11) is 5.99. The molecule has 4 nitrogen and oxygen atoms in total. The van der Waals surface area contributed by atoms with Crippen LogP contribution < -0.4 is 5.32 Å². The van der Waals surface area contributed by atoms with Crippen LogP contribution in [0.2, 0.25) is 0 Å². The average molecular weight is 318 g/mol. The summed E-state index contributed by atoms with van der Waals surface area (Å²) in [5.74, 6) is 1.53. The second-order valence-electron chi connectivity index (χ2n) is 5.78. The van der Waals surface area contributed by atoms with Crippen LogP contribution in [0.25, 0.3) is 0 Å². The monoisotopic (exact) mass is 318 g/mol. The van der Waals surface area contributed by atoms with Gasteiger partial charge in [0.15, 0.2) is 5.96 Å². The number of aryl methyl sites for hydroxylation is 1. The maximum absolute atomic E-state index is 4.39. The van der Waals surface area contributed by atoms with Gasteiger partial charge >= 0.3 is 0 Å². The van der Waals surface area contributed by atoms with Gasteiger partial charge in [0, 0.05) is 44.5 Å². The fraction of sp³-hybridized carbons (Fsp3) is 0.471. The zero-order valence-corrected chi connectivity index (χ0v) is 14.7. The minimum Gasteiger partial charge on any atom is -0.356 e. The lowest BCUT2D eigenvalue weighted by atomic mass is 10.1. The van der Waals surface area contributed by atoms with Gasteiger partial charge in [-0.05, 0) is 35.9 Å². The molecular weight excluding hydrogens is 292 g/mol. The Kier molecular flexibility index (Phi) is 6.07.